The molecule has 1 fully saturated rings. The van der Waals surface area contributed by atoms with Crippen LogP contribution in [-0.4, -0.2) is 16.9 Å². The van der Waals surface area contributed by atoms with Gasteiger partial charge < -0.3 is 0 Å². The maximum Gasteiger partial charge on any atom is 0.416 e. The standard InChI is InChI=1S/C11H9F3N2O4/c1-6-4-10(17)15(20-6)8-3-2-7(11(12,13)14)5-9(8)16(18)19/h2-3,5-6H,4H2,1H3. The van der Waals surface area contributed by atoms with Gasteiger partial charge in [0.1, 0.15) is 0 Å². The third-order valence-electron chi connectivity index (χ3n) is 2.69. The van der Waals surface area contributed by atoms with Crippen LogP contribution in [0.25, 0.3) is 0 Å². The Morgan fingerprint density at radius 1 is 1.45 bits per heavy atom. The first-order chi connectivity index (χ1) is 9.20. The fourth-order valence-electron chi connectivity index (χ4n) is 1.81. The maximum atomic E-state index is 12.5. The minimum atomic E-state index is -4.70. The highest BCUT2D eigenvalue weighted by Crippen LogP contribution is 2.38. The molecule has 1 aromatic rings. The van der Waals surface area contributed by atoms with Crippen molar-refractivity contribution in [1.82, 2.24) is 0 Å². The fraction of sp³-hybridized carbons (Fsp3) is 0.364. The van der Waals surface area contributed by atoms with Crippen LogP contribution in [0.2, 0.25) is 0 Å². The van der Waals surface area contributed by atoms with Gasteiger partial charge in [-0.05, 0) is 19.1 Å². The summed E-state index contributed by atoms with van der Waals surface area (Å²) in [6, 6.07) is 1.91. The molecule has 0 aliphatic carbocycles. The summed E-state index contributed by atoms with van der Waals surface area (Å²) in [5, 5.41) is 11.6. The van der Waals surface area contributed by atoms with E-state index in [1.165, 1.54) is 0 Å². The van der Waals surface area contributed by atoms with Crippen LogP contribution in [0, 0.1) is 10.1 Å². The molecule has 1 amide bonds. The second kappa shape index (κ2) is 4.75. The minimum absolute atomic E-state index is 0.0121. The maximum absolute atomic E-state index is 12.5. The molecule has 0 radical (unpaired) electrons. The number of nitro groups is 1. The van der Waals surface area contributed by atoms with Crippen LogP contribution in [0.15, 0.2) is 18.2 Å². The number of carbonyl (C=O) groups is 1. The Hall–Kier alpha value is -2.16. The van der Waals surface area contributed by atoms with E-state index in [4.69, 9.17) is 4.84 Å². The molecule has 1 aliphatic rings. The van der Waals surface area contributed by atoms with E-state index in [0.717, 1.165) is 6.07 Å². The number of hydrogen-bond acceptors (Lipinski definition) is 4. The van der Waals surface area contributed by atoms with E-state index in [2.05, 4.69) is 0 Å². The first kappa shape index (κ1) is 14.3. The second-order valence-electron chi connectivity index (χ2n) is 4.27. The lowest BCUT2D eigenvalue weighted by molar-refractivity contribution is -0.384. The van der Waals surface area contributed by atoms with Crippen molar-refractivity contribution in [2.75, 3.05) is 5.06 Å². The molecule has 1 saturated heterocycles. The predicted octanol–water partition coefficient (Wildman–Crippen LogP) is 2.67. The summed E-state index contributed by atoms with van der Waals surface area (Å²) in [6.45, 7) is 1.58. The first-order valence-electron chi connectivity index (χ1n) is 5.55. The van der Waals surface area contributed by atoms with Gasteiger partial charge in [-0.2, -0.15) is 18.2 Å². The summed E-state index contributed by atoms with van der Waals surface area (Å²) in [6.07, 6.45) is -5.17. The third-order valence-corrected chi connectivity index (χ3v) is 2.69. The van der Waals surface area contributed by atoms with Crippen LogP contribution in [0.3, 0.4) is 0 Å². The van der Waals surface area contributed by atoms with Crippen molar-refractivity contribution in [1.29, 1.82) is 0 Å². The number of hydroxylamine groups is 1. The number of carbonyl (C=O) groups excluding carboxylic acids is 1. The molecule has 1 aliphatic heterocycles. The highest BCUT2D eigenvalue weighted by atomic mass is 19.4. The molecular formula is C11H9F3N2O4. The van der Waals surface area contributed by atoms with Crippen molar-refractivity contribution in [2.24, 2.45) is 0 Å². The SMILES string of the molecule is CC1CC(=O)N(c2ccc(C(F)(F)F)cc2[N+](=O)[O-])O1. The highest BCUT2D eigenvalue weighted by molar-refractivity contribution is 5.95. The lowest BCUT2D eigenvalue weighted by atomic mass is 10.1. The van der Waals surface area contributed by atoms with Gasteiger partial charge in [0.2, 0.25) is 0 Å². The van der Waals surface area contributed by atoms with E-state index in [1.807, 2.05) is 0 Å². The number of rotatable bonds is 2. The van der Waals surface area contributed by atoms with E-state index in [1.54, 1.807) is 6.92 Å². The van der Waals surface area contributed by atoms with Crippen LogP contribution >= 0.6 is 0 Å². The molecule has 108 valence electrons. The zero-order chi connectivity index (χ0) is 15.1. The van der Waals surface area contributed by atoms with Gasteiger partial charge in [0.25, 0.3) is 11.6 Å². The Morgan fingerprint density at radius 2 is 2.10 bits per heavy atom. The zero-order valence-corrected chi connectivity index (χ0v) is 10.2. The molecule has 0 spiro atoms. The highest BCUT2D eigenvalue weighted by Gasteiger charge is 2.37. The van der Waals surface area contributed by atoms with Gasteiger partial charge in [-0.25, -0.2) is 0 Å². The molecule has 0 aromatic heterocycles. The molecule has 1 heterocycles. The third kappa shape index (κ3) is 2.57. The molecule has 1 aromatic carbocycles. The van der Waals surface area contributed by atoms with Gasteiger partial charge in [-0.15, -0.1) is 0 Å². The van der Waals surface area contributed by atoms with Crippen LogP contribution < -0.4 is 5.06 Å². The molecule has 1 atom stereocenters. The minimum Gasteiger partial charge on any atom is -0.272 e. The fourth-order valence-corrected chi connectivity index (χ4v) is 1.81. The first-order valence-corrected chi connectivity index (χ1v) is 5.55. The van der Waals surface area contributed by atoms with E-state index < -0.39 is 34.4 Å². The van der Waals surface area contributed by atoms with Crippen LogP contribution in [0.1, 0.15) is 18.9 Å². The molecule has 0 saturated carbocycles. The van der Waals surface area contributed by atoms with Crippen molar-refractivity contribution < 1.29 is 27.7 Å². The molecule has 9 heteroatoms. The number of anilines is 1. The van der Waals surface area contributed by atoms with Crippen molar-refractivity contribution >= 4 is 17.3 Å². The lowest BCUT2D eigenvalue weighted by Crippen LogP contribution is -2.24. The number of halogens is 3. The number of alkyl halides is 3. The summed E-state index contributed by atoms with van der Waals surface area (Å²) in [5.74, 6) is -0.541. The topological polar surface area (TPSA) is 72.7 Å². The number of nitro benzene ring substituents is 1. The summed E-state index contributed by atoms with van der Waals surface area (Å²) in [4.78, 5) is 26.6. The number of hydrogen-bond donors (Lipinski definition) is 0. The molecule has 0 bridgehead atoms. The predicted molar refractivity (Wildman–Crippen MR) is 60.7 cm³/mol. The molecule has 20 heavy (non-hydrogen) atoms. The summed E-state index contributed by atoms with van der Waals surface area (Å²) >= 11 is 0. The van der Waals surface area contributed by atoms with Crippen LogP contribution in [-0.2, 0) is 15.8 Å². The summed E-state index contributed by atoms with van der Waals surface area (Å²) < 4.78 is 37.6. The van der Waals surface area contributed by atoms with Gasteiger partial charge in [-0.3, -0.25) is 19.7 Å². The Kier molecular flexibility index (Phi) is 3.38. The largest absolute Gasteiger partial charge is 0.416 e. The van der Waals surface area contributed by atoms with Crippen molar-refractivity contribution in [3.63, 3.8) is 0 Å². The Labute approximate surface area is 110 Å². The number of nitrogens with zero attached hydrogens (tertiary/aromatic N) is 2. The van der Waals surface area contributed by atoms with Gasteiger partial charge in [0.15, 0.2) is 5.69 Å². The number of benzene rings is 1. The monoisotopic (exact) mass is 290 g/mol. The molecule has 1 unspecified atom stereocenters. The van der Waals surface area contributed by atoms with E-state index in [9.17, 15) is 28.1 Å². The van der Waals surface area contributed by atoms with Crippen molar-refractivity contribution in [2.45, 2.75) is 25.6 Å². The van der Waals surface area contributed by atoms with E-state index >= 15 is 0 Å². The molecule has 2 rings (SSSR count). The summed E-state index contributed by atoms with van der Waals surface area (Å²) in [5.41, 5.74) is -2.30. The Balaban J connectivity index is 2.49. The molecule has 6 nitrogen and oxygen atoms in total. The van der Waals surface area contributed by atoms with Crippen molar-refractivity contribution in [3.8, 4) is 0 Å². The van der Waals surface area contributed by atoms with E-state index in [0.29, 0.717) is 17.2 Å². The van der Waals surface area contributed by atoms with Crippen LogP contribution in [0.4, 0.5) is 24.5 Å². The lowest BCUT2D eigenvalue weighted by Gasteiger charge is -2.16. The molecule has 0 N–H and O–H groups in total. The number of amides is 1. The van der Waals surface area contributed by atoms with E-state index in [-0.39, 0.29) is 12.1 Å². The zero-order valence-electron chi connectivity index (χ0n) is 10.2. The Bertz CT molecular complexity index is 573. The normalized spacial score (nSPS) is 19.5. The molecular weight excluding hydrogens is 281 g/mol. The van der Waals surface area contributed by atoms with Gasteiger partial charge in [0, 0.05) is 6.07 Å². The smallest absolute Gasteiger partial charge is 0.272 e. The van der Waals surface area contributed by atoms with Gasteiger partial charge >= 0.3 is 6.18 Å². The second-order valence-corrected chi connectivity index (χ2v) is 4.27. The van der Waals surface area contributed by atoms with Crippen molar-refractivity contribution in [3.05, 3.63) is 33.9 Å². The summed E-state index contributed by atoms with van der Waals surface area (Å²) in [7, 11) is 0. The quantitative estimate of drug-likeness (QED) is 0.620. The average Bonchev–Trinajstić information content (AvgIpc) is 2.66. The van der Waals surface area contributed by atoms with Gasteiger partial charge in [-0.1, -0.05) is 0 Å². The van der Waals surface area contributed by atoms with Crippen LogP contribution in [0.5, 0.6) is 0 Å². The average molecular weight is 290 g/mol. The Morgan fingerprint density at radius 3 is 2.55 bits per heavy atom. The van der Waals surface area contributed by atoms with Gasteiger partial charge in [0.05, 0.1) is 23.0 Å².